The summed E-state index contributed by atoms with van der Waals surface area (Å²) in [5, 5.41) is 6.20. The van der Waals surface area contributed by atoms with Crippen LogP contribution in [0.1, 0.15) is 15.9 Å². The number of halogens is 1. The minimum absolute atomic E-state index is 0.220. The number of hydrazone groups is 1. The fourth-order valence-electron chi connectivity index (χ4n) is 1.62. The van der Waals surface area contributed by atoms with Crippen molar-refractivity contribution in [1.82, 2.24) is 10.7 Å². The van der Waals surface area contributed by atoms with Crippen molar-refractivity contribution >= 4 is 18.0 Å². The van der Waals surface area contributed by atoms with Gasteiger partial charge in [-0.05, 0) is 29.8 Å². The lowest BCUT2D eigenvalue weighted by Gasteiger charge is -2.04. The molecule has 6 heteroatoms. The fraction of sp³-hybridized carbons (Fsp3) is 0.0625. The van der Waals surface area contributed by atoms with Crippen molar-refractivity contribution in [3.05, 3.63) is 71.5 Å². The van der Waals surface area contributed by atoms with Crippen LogP contribution in [0.15, 0.2) is 59.7 Å². The van der Waals surface area contributed by atoms with E-state index in [2.05, 4.69) is 15.8 Å². The van der Waals surface area contributed by atoms with Crippen LogP contribution in [-0.4, -0.2) is 24.6 Å². The molecule has 0 heterocycles. The summed E-state index contributed by atoms with van der Waals surface area (Å²) in [6.45, 7) is -0.220. The standard InChI is InChI=1S/C16H14FN3O2/c17-14-8-6-13(7-9-14)16(22)18-11-15(21)20-19-10-12-4-2-1-3-5-12/h1-10H,11H2,(H,18,22)(H,20,21). The molecule has 0 bridgehead atoms. The maximum Gasteiger partial charge on any atom is 0.259 e. The van der Waals surface area contributed by atoms with Crippen LogP contribution in [0.25, 0.3) is 0 Å². The number of rotatable bonds is 5. The molecule has 2 aromatic rings. The van der Waals surface area contributed by atoms with Crippen molar-refractivity contribution in [2.75, 3.05) is 6.54 Å². The molecule has 0 spiro atoms. The average Bonchev–Trinajstić information content (AvgIpc) is 2.54. The highest BCUT2D eigenvalue weighted by atomic mass is 19.1. The van der Waals surface area contributed by atoms with Crippen LogP contribution in [-0.2, 0) is 4.79 Å². The summed E-state index contributed by atoms with van der Waals surface area (Å²) in [6.07, 6.45) is 1.50. The molecule has 0 aliphatic carbocycles. The molecule has 2 N–H and O–H groups in total. The van der Waals surface area contributed by atoms with E-state index in [4.69, 9.17) is 0 Å². The average molecular weight is 299 g/mol. The molecule has 0 atom stereocenters. The van der Waals surface area contributed by atoms with E-state index in [0.29, 0.717) is 0 Å². The van der Waals surface area contributed by atoms with E-state index in [0.717, 1.165) is 5.56 Å². The molecule has 0 fully saturated rings. The number of nitrogens with one attached hydrogen (secondary N) is 2. The Morgan fingerprint density at radius 1 is 1.05 bits per heavy atom. The van der Waals surface area contributed by atoms with Crippen LogP contribution in [0.2, 0.25) is 0 Å². The summed E-state index contributed by atoms with van der Waals surface area (Å²) in [7, 11) is 0. The first-order valence-electron chi connectivity index (χ1n) is 6.56. The van der Waals surface area contributed by atoms with Crippen molar-refractivity contribution in [2.45, 2.75) is 0 Å². The molecule has 0 aromatic heterocycles. The van der Waals surface area contributed by atoms with Crippen LogP contribution >= 0.6 is 0 Å². The fourth-order valence-corrected chi connectivity index (χ4v) is 1.62. The number of hydrogen-bond acceptors (Lipinski definition) is 3. The van der Waals surface area contributed by atoms with Gasteiger partial charge in [0.1, 0.15) is 5.82 Å². The Kier molecular flexibility index (Phi) is 5.37. The van der Waals surface area contributed by atoms with Crippen molar-refractivity contribution in [3.8, 4) is 0 Å². The first-order chi connectivity index (χ1) is 10.6. The van der Waals surface area contributed by atoms with E-state index in [-0.39, 0.29) is 12.1 Å². The van der Waals surface area contributed by atoms with E-state index in [1.807, 2.05) is 30.3 Å². The Balaban J connectivity index is 1.77. The SMILES string of the molecule is O=C(CNC(=O)c1ccc(F)cc1)NN=Cc1ccccc1. The van der Waals surface area contributed by atoms with E-state index in [1.165, 1.54) is 30.5 Å². The zero-order valence-electron chi connectivity index (χ0n) is 11.6. The molecule has 22 heavy (non-hydrogen) atoms. The topological polar surface area (TPSA) is 70.6 Å². The summed E-state index contributed by atoms with van der Waals surface area (Å²) in [4.78, 5) is 23.2. The lowest BCUT2D eigenvalue weighted by molar-refractivity contribution is -0.120. The summed E-state index contributed by atoms with van der Waals surface area (Å²) >= 11 is 0. The first-order valence-corrected chi connectivity index (χ1v) is 6.56. The lowest BCUT2D eigenvalue weighted by atomic mass is 10.2. The highest BCUT2D eigenvalue weighted by Gasteiger charge is 2.07. The molecule has 5 nitrogen and oxygen atoms in total. The van der Waals surface area contributed by atoms with Gasteiger partial charge in [0, 0.05) is 5.56 Å². The third kappa shape index (κ3) is 4.82. The molecule has 2 rings (SSSR count). The van der Waals surface area contributed by atoms with Gasteiger partial charge in [-0.3, -0.25) is 9.59 Å². The maximum absolute atomic E-state index is 12.7. The molecule has 0 aliphatic heterocycles. The van der Waals surface area contributed by atoms with E-state index >= 15 is 0 Å². The van der Waals surface area contributed by atoms with Crippen molar-refractivity contribution in [1.29, 1.82) is 0 Å². The number of carbonyl (C=O) groups is 2. The van der Waals surface area contributed by atoms with Gasteiger partial charge in [0.15, 0.2) is 0 Å². The summed E-state index contributed by atoms with van der Waals surface area (Å²) in [5.41, 5.74) is 3.43. The number of amides is 2. The third-order valence-electron chi connectivity index (χ3n) is 2.72. The van der Waals surface area contributed by atoms with Gasteiger partial charge in [0.05, 0.1) is 12.8 Å². The molecule has 0 unspecified atom stereocenters. The molecule has 0 aliphatic rings. The van der Waals surface area contributed by atoms with E-state index in [9.17, 15) is 14.0 Å². The minimum atomic E-state index is -0.456. The van der Waals surface area contributed by atoms with Crippen LogP contribution in [0.5, 0.6) is 0 Å². The number of benzene rings is 2. The predicted octanol–water partition coefficient (Wildman–Crippen LogP) is 1.71. The first kappa shape index (κ1) is 15.4. The van der Waals surface area contributed by atoms with Crippen molar-refractivity contribution in [3.63, 3.8) is 0 Å². The van der Waals surface area contributed by atoms with Gasteiger partial charge in [-0.15, -0.1) is 0 Å². The second-order valence-corrected chi connectivity index (χ2v) is 4.39. The Morgan fingerprint density at radius 2 is 1.73 bits per heavy atom. The van der Waals surface area contributed by atoms with Crippen LogP contribution in [0.4, 0.5) is 4.39 Å². The van der Waals surface area contributed by atoms with Crippen molar-refractivity contribution < 1.29 is 14.0 Å². The minimum Gasteiger partial charge on any atom is -0.343 e. The predicted molar refractivity (Wildman–Crippen MR) is 80.9 cm³/mol. The molecule has 112 valence electrons. The highest BCUT2D eigenvalue weighted by molar-refractivity contribution is 5.96. The van der Waals surface area contributed by atoms with Gasteiger partial charge >= 0.3 is 0 Å². The zero-order valence-corrected chi connectivity index (χ0v) is 11.6. The van der Waals surface area contributed by atoms with Crippen LogP contribution in [0.3, 0.4) is 0 Å². The van der Waals surface area contributed by atoms with Gasteiger partial charge in [-0.1, -0.05) is 30.3 Å². The molecule has 0 radical (unpaired) electrons. The molecule has 0 saturated heterocycles. The molecule has 2 amide bonds. The Hall–Kier alpha value is -3.02. The monoisotopic (exact) mass is 299 g/mol. The second-order valence-electron chi connectivity index (χ2n) is 4.39. The van der Waals surface area contributed by atoms with Crippen molar-refractivity contribution in [2.24, 2.45) is 5.10 Å². The van der Waals surface area contributed by atoms with E-state index < -0.39 is 17.6 Å². The summed E-state index contributed by atoms with van der Waals surface area (Å²) < 4.78 is 12.7. The largest absolute Gasteiger partial charge is 0.343 e. The lowest BCUT2D eigenvalue weighted by Crippen LogP contribution is -2.34. The number of nitrogens with zero attached hydrogens (tertiary/aromatic N) is 1. The van der Waals surface area contributed by atoms with Gasteiger partial charge in [0.25, 0.3) is 11.8 Å². The maximum atomic E-state index is 12.7. The van der Waals surface area contributed by atoms with Gasteiger partial charge in [0.2, 0.25) is 0 Å². The highest BCUT2D eigenvalue weighted by Crippen LogP contribution is 2.02. The Bertz CT molecular complexity index is 670. The quantitative estimate of drug-likeness (QED) is 0.652. The smallest absolute Gasteiger partial charge is 0.259 e. The molecule has 2 aromatic carbocycles. The molecular weight excluding hydrogens is 285 g/mol. The zero-order chi connectivity index (χ0) is 15.8. The number of carbonyl (C=O) groups excluding carboxylic acids is 2. The summed E-state index contributed by atoms with van der Waals surface area (Å²) in [5.74, 6) is -1.34. The molecular formula is C16H14FN3O2. The van der Waals surface area contributed by atoms with Gasteiger partial charge in [-0.2, -0.15) is 5.10 Å². The Morgan fingerprint density at radius 3 is 2.41 bits per heavy atom. The Labute approximate surface area is 126 Å². The summed E-state index contributed by atoms with van der Waals surface area (Å²) in [6, 6.07) is 14.3. The second kappa shape index (κ2) is 7.68. The van der Waals surface area contributed by atoms with Crippen LogP contribution < -0.4 is 10.7 Å². The van der Waals surface area contributed by atoms with Crippen LogP contribution in [0, 0.1) is 5.82 Å². The number of hydrogen-bond donors (Lipinski definition) is 2. The molecule has 0 saturated carbocycles. The van der Waals surface area contributed by atoms with Gasteiger partial charge in [-0.25, -0.2) is 9.82 Å². The van der Waals surface area contributed by atoms with Gasteiger partial charge < -0.3 is 5.32 Å². The normalized spacial score (nSPS) is 10.4. The third-order valence-corrected chi connectivity index (χ3v) is 2.72. The van der Waals surface area contributed by atoms with E-state index in [1.54, 1.807) is 0 Å².